The minimum atomic E-state index is -1.98. The summed E-state index contributed by atoms with van der Waals surface area (Å²) >= 11 is 0. The zero-order chi connectivity index (χ0) is 68.3. The largest absolute Gasteiger partial charge is 0.507 e. The molecular formula is C69H84FN7O17. The van der Waals surface area contributed by atoms with Gasteiger partial charge in [-0.15, -0.1) is 0 Å². The molecule has 2 saturated heterocycles. The number of phenolic OH excluding ortho intramolecular Hbond substituents is 1. The Balaban J connectivity index is 0.000000306. The number of amides is 1. The van der Waals surface area contributed by atoms with Crippen molar-refractivity contribution >= 4 is 84.5 Å². The number of carboxylic acids is 1. The Morgan fingerprint density at radius 3 is 2.19 bits per heavy atom. The molecule has 4 bridgehead atoms. The molecule has 0 spiro atoms. The van der Waals surface area contributed by atoms with Gasteiger partial charge in [-0.2, -0.15) is 0 Å². The average molecular weight is 1300 g/mol. The molecule has 0 saturated carbocycles. The lowest BCUT2D eigenvalue weighted by Gasteiger charge is -2.38. The summed E-state index contributed by atoms with van der Waals surface area (Å²) in [6.45, 7) is 25.9. The molecule has 0 aliphatic carbocycles. The number of aromatic carboxylic acids is 1. The maximum atomic E-state index is 15.0. The number of rotatable bonds is 7. The topological polar surface area (TPSA) is 306 Å². The van der Waals surface area contributed by atoms with E-state index in [1.807, 2.05) is 18.9 Å². The quantitative estimate of drug-likeness (QED) is 0.0539. The Bertz CT molecular complexity index is 4340. The van der Waals surface area contributed by atoms with E-state index in [-0.39, 0.29) is 84.4 Å². The zero-order valence-electron chi connectivity index (χ0n) is 55.2. The molecule has 2 fully saturated rings. The number of pyridine rings is 1. The lowest BCUT2D eigenvalue weighted by Crippen LogP contribution is -2.47. The Hall–Kier alpha value is -8.62. The van der Waals surface area contributed by atoms with Crippen molar-refractivity contribution in [3.8, 4) is 17.2 Å². The highest BCUT2D eigenvalue weighted by atomic mass is 19.1. The normalized spacial score (nSPS) is 26.9. The van der Waals surface area contributed by atoms with Crippen LogP contribution in [0.5, 0.6) is 17.2 Å². The van der Waals surface area contributed by atoms with Gasteiger partial charge in [0.2, 0.25) is 16.3 Å². The summed E-state index contributed by atoms with van der Waals surface area (Å²) < 4.78 is 53.1. The predicted octanol–water partition coefficient (Wildman–Crippen LogP) is 6.88. The molecule has 1 amide bonds. The molecule has 2 aromatic heterocycles. The minimum absolute atomic E-state index is 0.0390. The van der Waals surface area contributed by atoms with Crippen LogP contribution in [0.1, 0.15) is 91.2 Å². The number of methoxy groups -OCH3 is 1. The number of nitrogens with zero attached hydrogens (tertiary/aromatic N) is 6. The van der Waals surface area contributed by atoms with Crippen LogP contribution in [-0.4, -0.2) is 173 Å². The molecule has 4 aromatic carbocycles. The number of hydrogen-bond donors (Lipinski definition) is 6. The van der Waals surface area contributed by atoms with E-state index in [4.69, 9.17) is 33.1 Å². The summed E-state index contributed by atoms with van der Waals surface area (Å²) in [5.74, 6) is -7.97. The number of esters is 1. The lowest BCUT2D eigenvalue weighted by molar-refractivity contribution is -0.160. The van der Waals surface area contributed by atoms with Crippen LogP contribution in [0.15, 0.2) is 79.3 Å². The van der Waals surface area contributed by atoms with Gasteiger partial charge in [-0.05, 0) is 45.9 Å². The first-order chi connectivity index (χ1) is 44.5. The molecule has 11 rings (SSSR count). The van der Waals surface area contributed by atoms with Crippen molar-refractivity contribution in [2.45, 2.75) is 112 Å². The first-order valence-corrected chi connectivity index (χ1v) is 31.8. The fourth-order valence-corrected chi connectivity index (χ4v) is 13.5. The highest BCUT2D eigenvalue weighted by Crippen LogP contribution is 2.44. The van der Waals surface area contributed by atoms with E-state index in [0.29, 0.717) is 54.7 Å². The van der Waals surface area contributed by atoms with Crippen LogP contribution in [-0.2, 0) is 23.8 Å². The minimum Gasteiger partial charge on any atom is -0.507 e. The maximum Gasteiger partial charge on any atom is 0.341 e. The van der Waals surface area contributed by atoms with Crippen LogP contribution < -0.4 is 46.1 Å². The van der Waals surface area contributed by atoms with Gasteiger partial charge in [0, 0.05) is 144 Å². The van der Waals surface area contributed by atoms with Crippen LogP contribution in [0, 0.1) is 42.3 Å². The van der Waals surface area contributed by atoms with E-state index in [1.165, 1.54) is 65.5 Å². The molecule has 7 heterocycles. The van der Waals surface area contributed by atoms with Gasteiger partial charge in [0.05, 0.1) is 52.1 Å². The van der Waals surface area contributed by atoms with Crippen LogP contribution in [0.3, 0.4) is 0 Å². The third-order valence-corrected chi connectivity index (χ3v) is 19.0. The number of phenols is 1. The van der Waals surface area contributed by atoms with Gasteiger partial charge in [0.1, 0.15) is 46.7 Å². The number of ether oxygens (including phenoxy) is 5. The van der Waals surface area contributed by atoms with Gasteiger partial charge < -0.3 is 78.2 Å². The number of halogens is 1. The van der Waals surface area contributed by atoms with E-state index < -0.39 is 105 Å². The van der Waals surface area contributed by atoms with Crippen molar-refractivity contribution < 1.29 is 72.4 Å². The molecular weight excluding hydrogens is 1220 g/mol. The number of benzene rings is 4. The number of anilines is 3. The Labute approximate surface area is 541 Å². The average Bonchev–Trinajstić information content (AvgIpc) is 1.40. The number of aliphatic hydroxyl groups is 3. The molecule has 504 valence electrons. The number of aliphatic hydroxyl groups excluding tert-OH is 3. The number of likely N-dealkylation sites (N-methyl/N-ethyl adjacent to an activating group) is 1. The number of aromatic hydroxyl groups is 1. The van der Waals surface area contributed by atoms with Gasteiger partial charge in [0.15, 0.2) is 34.0 Å². The fourth-order valence-electron chi connectivity index (χ4n) is 13.5. The molecule has 25 heteroatoms. The molecule has 5 aliphatic heterocycles. The van der Waals surface area contributed by atoms with Crippen molar-refractivity contribution in [3.63, 3.8) is 0 Å². The Kier molecular flexibility index (Phi) is 19.6. The Morgan fingerprint density at radius 2 is 1.54 bits per heavy atom. The second-order valence-electron chi connectivity index (χ2n) is 26.2. The van der Waals surface area contributed by atoms with E-state index in [2.05, 4.69) is 33.9 Å². The van der Waals surface area contributed by atoms with Crippen molar-refractivity contribution in [2.75, 3.05) is 94.8 Å². The smallest absolute Gasteiger partial charge is 0.341 e. The number of allylic oxidation sites excluding steroid dienone is 2. The van der Waals surface area contributed by atoms with Gasteiger partial charge in [-0.25, -0.2) is 14.2 Å². The first-order valence-electron chi connectivity index (χ1n) is 31.8. The number of carboxylic acid groups (broad SMARTS) is 1. The fraction of sp³-hybridized carbons (Fsp3) is 0.493. The van der Waals surface area contributed by atoms with Crippen molar-refractivity contribution in [3.05, 3.63) is 113 Å². The molecule has 5 aliphatic rings. The first kappa shape index (κ1) is 68.2. The lowest BCUT2D eigenvalue weighted by atomic mass is 9.78. The van der Waals surface area contributed by atoms with Crippen LogP contribution >= 0.6 is 0 Å². The van der Waals surface area contributed by atoms with Crippen molar-refractivity contribution in [1.82, 2.24) is 19.4 Å². The molecule has 0 radical (unpaired) electrons. The summed E-state index contributed by atoms with van der Waals surface area (Å²) in [5, 5.41) is 58.7. The molecule has 6 N–H and O–H groups in total. The second kappa shape index (κ2) is 27.0. The zero-order valence-corrected chi connectivity index (χ0v) is 55.2. The number of nitrogens with one attached hydrogen (secondary N) is 1. The second-order valence-corrected chi connectivity index (χ2v) is 26.2. The van der Waals surface area contributed by atoms with Crippen LogP contribution in [0.2, 0.25) is 0 Å². The highest BCUT2D eigenvalue weighted by Gasteiger charge is 2.45. The van der Waals surface area contributed by atoms with Gasteiger partial charge >= 0.3 is 17.7 Å². The SMILES string of the molecule is CO[C@H]1/C=C/O[C@@]2(C)Oc3c(C)c(O)c4c(=O)c(c5oc6cc(N7CCN(CC(C)C)CC7)cc(=O)c6nc5c4c3=C2O)NC(=O)/C(C)=C\C=C\[C@H](C)[C@H](O)[C@@H](C)[C@@H](O)[C@@H](C)[C@H](OC(C)=O)[C@@H]1C.C[C@H]1COc2c(N3CCN(C)CC3)c(F)cc3c(=O)c(C(=O)O)cn1c23. The van der Waals surface area contributed by atoms with E-state index in [0.717, 1.165) is 38.8 Å². The number of hydrogen-bond acceptors (Lipinski definition) is 21. The standard InChI is InChI=1S/C51H64N4O13.C18H20FN3O4/c1-24(2)23-54-16-18-55(19-17-54)32-21-33(57)39-35(22-32)67-48-40(52-39)36-37-44(60)30(8)47-38(36)49(62)51(10,68-47)65-20-15-34(64-11)27(5)46(66-31(9)56)29(7)43(59)28(6)42(58)25(3)13-12-14-26(4)50(63)53-41(48)45(37)61;1-10-9-26-17-14-11(16(23)12(18(24)25)8-22(10)14)7-13(19)15(17)21-5-3-20(2)4-6-21/h12-15,20-22,24-25,27-29,34,42-43,46,58-60,62H,16-19,23H2,1-11H3,(H,53,63);7-8,10H,3-6,9H2,1-2H3,(H,24,25)/b13-12+,20-15+,26-14-;/t25-,27+,28+,29+,34-,42-,43+,46+,51-;10-/m00/s1. The Morgan fingerprint density at radius 1 is 0.862 bits per heavy atom. The number of carbonyl (C=O) groups excluding carboxylic acids is 2. The van der Waals surface area contributed by atoms with Crippen molar-refractivity contribution in [1.29, 1.82) is 0 Å². The third-order valence-electron chi connectivity index (χ3n) is 19.0. The van der Waals surface area contributed by atoms with Crippen molar-refractivity contribution in [2.24, 2.45) is 29.6 Å². The van der Waals surface area contributed by atoms with Crippen LogP contribution in [0.25, 0.3) is 49.6 Å². The van der Waals surface area contributed by atoms with E-state index in [1.54, 1.807) is 50.5 Å². The number of fused-ring (bicyclic) bond motifs is 2. The number of piperazine rings is 2. The van der Waals surface area contributed by atoms with E-state index >= 15 is 0 Å². The van der Waals surface area contributed by atoms with Gasteiger partial charge in [0.25, 0.3) is 5.91 Å². The number of aromatic nitrogens is 2. The third kappa shape index (κ3) is 12.8. The molecule has 0 unspecified atom stereocenters. The molecule has 94 heavy (non-hydrogen) atoms. The summed E-state index contributed by atoms with van der Waals surface area (Å²) in [4.78, 5) is 92.8. The van der Waals surface area contributed by atoms with Gasteiger partial charge in [-0.1, -0.05) is 59.8 Å². The maximum absolute atomic E-state index is 15.0. The monoisotopic (exact) mass is 1300 g/mol. The van der Waals surface area contributed by atoms with Crippen LogP contribution in [0.4, 0.5) is 21.5 Å². The summed E-state index contributed by atoms with van der Waals surface area (Å²) in [7, 11) is 3.46. The van der Waals surface area contributed by atoms with E-state index in [9.17, 15) is 58.7 Å². The summed E-state index contributed by atoms with van der Waals surface area (Å²) in [5.41, 5.74) is -1.57. The molecule has 24 nitrogen and oxygen atoms in total. The summed E-state index contributed by atoms with van der Waals surface area (Å²) in [6.07, 6.45) is 4.91. The predicted molar refractivity (Wildman–Crippen MR) is 354 cm³/mol. The summed E-state index contributed by atoms with van der Waals surface area (Å²) in [6, 6.07) is 4.15. The number of carbonyl (C=O) groups is 3. The highest BCUT2D eigenvalue weighted by molar-refractivity contribution is 6.17. The molecule has 10 atom stereocenters. The molecule has 6 aromatic rings. The van der Waals surface area contributed by atoms with Gasteiger partial charge in [-0.3, -0.25) is 28.9 Å².